The molecule has 0 saturated carbocycles. The standard InChI is InChI=1S/C9H18N2O3/c1-6-2-3-10-8(6)9(14)11-4-7(13)5-12/h6-8,10,12-13H,2-5H2,1H3,(H,11,14). The van der Waals surface area contributed by atoms with Crippen LogP contribution in [0.2, 0.25) is 0 Å². The van der Waals surface area contributed by atoms with Gasteiger partial charge in [0.05, 0.1) is 18.8 Å². The van der Waals surface area contributed by atoms with Crippen LogP contribution in [0.25, 0.3) is 0 Å². The zero-order valence-electron chi connectivity index (χ0n) is 8.36. The predicted octanol–water partition coefficient (Wildman–Crippen LogP) is -1.55. The highest BCUT2D eigenvalue weighted by Crippen LogP contribution is 2.13. The van der Waals surface area contributed by atoms with Crippen LogP contribution in [0.3, 0.4) is 0 Å². The van der Waals surface area contributed by atoms with E-state index < -0.39 is 6.10 Å². The number of aliphatic hydroxyl groups excluding tert-OH is 2. The molecule has 0 spiro atoms. The van der Waals surface area contributed by atoms with Gasteiger partial charge in [-0.25, -0.2) is 0 Å². The lowest BCUT2D eigenvalue weighted by Gasteiger charge is -2.16. The Hall–Kier alpha value is -0.650. The van der Waals surface area contributed by atoms with Crippen molar-refractivity contribution in [1.29, 1.82) is 0 Å². The van der Waals surface area contributed by atoms with E-state index in [4.69, 9.17) is 10.2 Å². The molecule has 3 atom stereocenters. The van der Waals surface area contributed by atoms with E-state index in [1.807, 2.05) is 6.92 Å². The number of hydrogen-bond donors (Lipinski definition) is 4. The highest BCUT2D eigenvalue weighted by Gasteiger charge is 2.28. The molecule has 14 heavy (non-hydrogen) atoms. The summed E-state index contributed by atoms with van der Waals surface area (Å²) in [4.78, 5) is 11.5. The van der Waals surface area contributed by atoms with Gasteiger partial charge in [0.2, 0.25) is 5.91 Å². The molecular formula is C9H18N2O3. The minimum absolute atomic E-state index is 0.0949. The van der Waals surface area contributed by atoms with E-state index in [1.165, 1.54) is 0 Å². The number of carbonyl (C=O) groups excluding carboxylic acids is 1. The topological polar surface area (TPSA) is 81.6 Å². The molecule has 0 aromatic heterocycles. The van der Waals surface area contributed by atoms with Gasteiger partial charge in [-0.15, -0.1) is 0 Å². The molecule has 82 valence electrons. The molecule has 3 unspecified atom stereocenters. The second-order valence-corrected chi connectivity index (χ2v) is 3.78. The van der Waals surface area contributed by atoms with Crippen LogP contribution in [0.5, 0.6) is 0 Å². The van der Waals surface area contributed by atoms with Crippen LogP contribution in [0.1, 0.15) is 13.3 Å². The second-order valence-electron chi connectivity index (χ2n) is 3.78. The van der Waals surface area contributed by atoms with Crippen LogP contribution < -0.4 is 10.6 Å². The molecule has 0 aromatic carbocycles. The van der Waals surface area contributed by atoms with Crippen molar-refractivity contribution in [3.8, 4) is 0 Å². The quantitative estimate of drug-likeness (QED) is 0.445. The average molecular weight is 202 g/mol. The van der Waals surface area contributed by atoms with Crippen LogP contribution in [0.15, 0.2) is 0 Å². The van der Waals surface area contributed by atoms with Crippen molar-refractivity contribution in [2.75, 3.05) is 19.7 Å². The summed E-state index contributed by atoms with van der Waals surface area (Å²) >= 11 is 0. The molecule has 1 fully saturated rings. The molecule has 0 bridgehead atoms. The lowest BCUT2D eigenvalue weighted by atomic mass is 10.0. The summed E-state index contributed by atoms with van der Waals surface area (Å²) in [6.45, 7) is 2.67. The molecule has 1 aliphatic rings. The van der Waals surface area contributed by atoms with Gasteiger partial charge in [-0.1, -0.05) is 6.92 Å². The van der Waals surface area contributed by atoms with E-state index in [-0.39, 0.29) is 25.1 Å². The highest BCUT2D eigenvalue weighted by molar-refractivity contribution is 5.82. The number of carbonyl (C=O) groups is 1. The first-order chi connectivity index (χ1) is 6.65. The third kappa shape index (κ3) is 2.94. The summed E-state index contributed by atoms with van der Waals surface area (Å²) in [5, 5.41) is 23.3. The van der Waals surface area contributed by atoms with E-state index in [9.17, 15) is 4.79 Å². The van der Waals surface area contributed by atoms with Gasteiger partial charge in [0, 0.05) is 6.54 Å². The van der Waals surface area contributed by atoms with E-state index in [0.29, 0.717) is 5.92 Å². The first kappa shape index (κ1) is 11.4. The van der Waals surface area contributed by atoms with Crippen molar-refractivity contribution in [3.05, 3.63) is 0 Å². The zero-order valence-corrected chi connectivity index (χ0v) is 8.36. The molecule has 4 N–H and O–H groups in total. The molecule has 5 nitrogen and oxygen atoms in total. The number of aliphatic hydroxyl groups is 2. The Kier molecular flexibility index (Phi) is 4.31. The number of hydrogen-bond acceptors (Lipinski definition) is 4. The van der Waals surface area contributed by atoms with Gasteiger partial charge in [-0.2, -0.15) is 0 Å². The van der Waals surface area contributed by atoms with E-state index in [0.717, 1.165) is 13.0 Å². The fourth-order valence-electron chi connectivity index (χ4n) is 1.58. The molecule has 1 rings (SSSR count). The van der Waals surface area contributed by atoms with Gasteiger partial charge in [0.1, 0.15) is 0 Å². The van der Waals surface area contributed by atoms with Gasteiger partial charge in [-0.3, -0.25) is 4.79 Å². The molecule has 5 heteroatoms. The van der Waals surface area contributed by atoms with Crippen molar-refractivity contribution in [3.63, 3.8) is 0 Å². The largest absolute Gasteiger partial charge is 0.394 e. The van der Waals surface area contributed by atoms with Crippen LogP contribution in [-0.2, 0) is 4.79 Å². The second kappa shape index (κ2) is 5.29. The molecule has 0 aliphatic carbocycles. The SMILES string of the molecule is CC1CCNC1C(=O)NCC(O)CO. The predicted molar refractivity (Wildman–Crippen MR) is 51.7 cm³/mol. The number of rotatable bonds is 4. The van der Waals surface area contributed by atoms with Crippen LogP contribution in [-0.4, -0.2) is 48.0 Å². The Balaban J connectivity index is 2.27. The lowest BCUT2D eigenvalue weighted by Crippen LogP contribution is -2.46. The average Bonchev–Trinajstić information content (AvgIpc) is 2.60. The fraction of sp³-hybridized carbons (Fsp3) is 0.889. The maximum Gasteiger partial charge on any atom is 0.237 e. The Labute approximate surface area is 83.5 Å². The van der Waals surface area contributed by atoms with Crippen molar-refractivity contribution in [2.24, 2.45) is 5.92 Å². The summed E-state index contributed by atoms with van der Waals surface area (Å²) in [6.07, 6.45) is 0.136. The molecule has 0 radical (unpaired) electrons. The molecule has 0 aromatic rings. The summed E-state index contributed by atoms with van der Waals surface area (Å²) in [5.41, 5.74) is 0. The normalized spacial score (nSPS) is 28.8. The van der Waals surface area contributed by atoms with E-state index in [1.54, 1.807) is 0 Å². The summed E-state index contributed by atoms with van der Waals surface area (Å²) in [7, 11) is 0. The van der Waals surface area contributed by atoms with Crippen LogP contribution in [0.4, 0.5) is 0 Å². The highest BCUT2D eigenvalue weighted by atomic mass is 16.3. The Bertz CT molecular complexity index is 198. The molecular weight excluding hydrogens is 184 g/mol. The lowest BCUT2D eigenvalue weighted by molar-refractivity contribution is -0.124. The Morgan fingerprint density at radius 1 is 1.71 bits per heavy atom. The van der Waals surface area contributed by atoms with Gasteiger partial charge >= 0.3 is 0 Å². The van der Waals surface area contributed by atoms with E-state index in [2.05, 4.69) is 10.6 Å². The maximum atomic E-state index is 11.5. The zero-order chi connectivity index (χ0) is 10.6. The molecule has 1 saturated heterocycles. The van der Waals surface area contributed by atoms with Crippen LogP contribution in [0, 0.1) is 5.92 Å². The third-order valence-corrected chi connectivity index (χ3v) is 2.54. The Morgan fingerprint density at radius 3 is 2.93 bits per heavy atom. The first-order valence-corrected chi connectivity index (χ1v) is 4.95. The molecule has 1 aliphatic heterocycles. The van der Waals surface area contributed by atoms with Crippen molar-refractivity contribution < 1.29 is 15.0 Å². The van der Waals surface area contributed by atoms with Crippen molar-refractivity contribution in [1.82, 2.24) is 10.6 Å². The van der Waals surface area contributed by atoms with Gasteiger partial charge in [0.15, 0.2) is 0 Å². The summed E-state index contributed by atoms with van der Waals surface area (Å²) < 4.78 is 0. The fourth-order valence-corrected chi connectivity index (χ4v) is 1.58. The third-order valence-electron chi connectivity index (χ3n) is 2.54. The molecule has 1 amide bonds. The minimum atomic E-state index is -0.865. The first-order valence-electron chi connectivity index (χ1n) is 4.95. The Morgan fingerprint density at radius 2 is 2.43 bits per heavy atom. The summed E-state index contributed by atoms with van der Waals surface area (Å²) in [6, 6.07) is -0.152. The van der Waals surface area contributed by atoms with Gasteiger partial charge in [-0.05, 0) is 18.9 Å². The number of amides is 1. The van der Waals surface area contributed by atoms with Crippen molar-refractivity contribution >= 4 is 5.91 Å². The smallest absolute Gasteiger partial charge is 0.237 e. The van der Waals surface area contributed by atoms with E-state index >= 15 is 0 Å². The minimum Gasteiger partial charge on any atom is -0.394 e. The van der Waals surface area contributed by atoms with Gasteiger partial charge in [0.25, 0.3) is 0 Å². The van der Waals surface area contributed by atoms with Crippen LogP contribution >= 0.6 is 0 Å². The monoisotopic (exact) mass is 202 g/mol. The number of nitrogens with one attached hydrogen (secondary N) is 2. The van der Waals surface area contributed by atoms with Crippen molar-refractivity contribution in [2.45, 2.75) is 25.5 Å². The maximum absolute atomic E-state index is 11.5. The van der Waals surface area contributed by atoms with Gasteiger partial charge < -0.3 is 20.8 Å². The molecule has 1 heterocycles. The summed E-state index contributed by atoms with van der Waals surface area (Å²) in [5.74, 6) is 0.240.